The average molecular weight is 378 g/mol. The second-order valence-electron chi connectivity index (χ2n) is 6.72. The zero-order chi connectivity index (χ0) is 19.3. The fraction of sp³-hybridized carbons (Fsp3) is 0.412. The number of carbonyl (C=O) groups is 1. The lowest BCUT2D eigenvalue weighted by Gasteiger charge is -2.10. The standard InChI is InChI=1S/C17H17F3N6O/c1-9-5-11(25(2)23-9)8-21-16(27)13-7-15-22-12(10-3-4-10)6-14(17(18,19)20)26(15)24-13/h5-7,10H,3-4,8H2,1-2H3,(H,21,27). The third-order valence-electron chi connectivity index (χ3n) is 4.49. The van der Waals surface area contributed by atoms with Gasteiger partial charge in [0.15, 0.2) is 11.3 Å². The van der Waals surface area contributed by atoms with Crippen molar-refractivity contribution < 1.29 is 18.0 Å². The predicted molar refractivity (Wildman–Crippen MR) is 89.1 cm³/mol. The van der Waals surface area contributed by atoms with Crippen LogP contribution in [0, 0.1) is 6.92 Å². The zero-order valence-electron chi connectivity index (χ0n) is 14.7. The molecule has 3 aromatic rings. The van der Waals surface area contributed by atoms with Crippen LogP contribution in [0.25, 0.3) is 5.65 Å². The van der Waals surface area contributed by atoms with Gasteiger partial charge in [0.2, 0.25) is 0 Å². The van der Waals surface area contributed by atoms with E-state index in [9.17, 15) is 18.0 Å². The van der Waals surface area contributed by atoms with Crippen LogP contribution >= 0.6 is 0 Å². The van der Waals surface area contributed by atoms with Gasteiger partial charge in [-0.05, 0) is 31.9 Å². The van der Waals surface area contributed by atoms with Crippen LogP contribution in [0.2, 0.25) is 0 Å². The summed E-state index contributed by atoms with van der Waals surface area (Å²) in [6.45, 7) is 2.02. The number of nitrogens with one attached hydrogen (secondary N) is 1. The smallest absolute Gasteiger partial charge is 0.345 e. The van der Waals surface area contributed by atoms with Crippen LogP contribution in [0.3, 0.4) is 0 Å². The lowest BCUT2D eigenvalue weighted by molar-refractivity contribution is -0.142. The topological polar surface area (TPSA) is 77.1 Å². The Labute approximate surface area is 152 Å². The average Bonchev–Trinajstić information content (AvgIpc) is 3.26. The van der Waals surface area contributed by atoms with Gasteiger partial charge in [-0.25, -0.2) is 9.50 Å². The molecule has 1 aliphatic carbocycles. The molecular formula is C17H17F3N6O. The first-order chi connectivity index (χ1) is 12.7. The number of hydrogen-bond donors (Lipinski definition) is 1. The lowest BCUT2D eigenvalue weighted by atomic mass is 10.2. The number of alkyl halides is 3. The summed E-state index contributed by atoms with van der Waals surface area (Å²) >= 11 is 0. The van der Waals surface area contributed by atoms with Crippen molar-refractivity contribution >= 4 is 11.6 Å². The van der Waals surface area contributed by atoms with Crippen molar-refractivity contribution in [3.63, 3.8) is 0 Å². The van der Waals surface area contributed by atoms with Crippen LogP contribution in [0.1, 0.15) is 52.0 Å². The summed E-state index contributed by atoms with van der Waals surface area (Å²) in [6, 6.07) is 4.12. The minimum atomic E-state index is -4.59. The van der Waals surface area contributed by atoms with E-state index in [0.717, 1.165) is 30.3 Å². The summed E-state index contributed by atoms with van der Waals surface area (Å²) in [5.41, 5.74) is 0.965. The van der Waals surface area contributed by atoms with Gasteiger partial charge >= 0.3 is 6.18 Å². The summed E-state index contributed by atoms with van der Waals surface area (Å²) in [6.07, 6.45) is -2.94. The molecule has 1 amide bonds. The molecule has 0 radical (unpaired) electrons. The van der Waals surface area contributed by atoms with Crippen molar-refractivity contribution in [2.24, 2.45) is 7.05 Å². The van der Waals surface area contributed by atoms with Gasteiger partial charge in [-0.2, -0.15) is 23.4 Å². The van der Waals surface area contributed by atoms with E-state index in [4.69, 9.17) is 0 Å². The van der Waals surface area contributed by atoms with E-state index in [2.05, 4.69) is 20.5 Å². The van der Waals surface area contributed by atoms with E-state index in [1.807, 2.05) is 13.0 Å². The van der Waals surface area contributed by atoms with Crippen molar-refractivity contribution in [2.75, 3.05) is 0 Å². The van der Waals surface area contributed by atoms with E-state index < -0.39 is 17.8 Å². The molecule has 1 aliphatic rings. The Kier molecular flexibility index (Phi) is 3.93. The monoisotopic (exact) mass is 378 g/mol. The van der Waals surface area contributed by atoms with Crippen molar-refractivity contribution in [1.29, 1.82) is 0 Å². The van der Waals surface area contributed by atoms with Crippen LogP contribution < -0.4 is 5.32 Å². The second kappa shape index (κ2) is 6.07. The van der Waals surface area contributed by atoms with Gasteiger partial charge in [0.05, 0.1) is 17.9 Å². The molecule has 4 rings (SSSR count). The minimum Gasteiger partial charge on any atom is -0.345 e. The Morgan fingerprint density at radius 3 is 2.59 bits per heavy atom. The van der Waals surface area contributed by atoms with Gasteiger partial charge in [0.1, 0.15) is 5.69 Å². The Morgan fingerprint density at radius 2 is 2.00 bits per heavy atom. The molecule has 0 aromatic carbocycles. The van der Waals surface area contributed by atoms with Crippen LogP contribution in [0.4, 0.5) is 13.2 Å². The number of rotatable bonds is 4. The van der Waals surface area contributed by atoms with E-state index >= 15 is 0 Å². The summed E-state index contributed by atoms with van der Waals surface area (Å²) in [4.78, 5) is 16.6. The summed E-state index contributed by atoms with van der Waals surface area (Å²) in [7, 11) is 1.75. The van der Waals surface area contributed by atoms with Crippen molar-refractivity contribution in [3.8, 4) is 0 Å². The summed E-state index contributed by atoms with van der Waals surface area (Å²) in [5, 5.41) is 10.7. The van der Waals surface area contributed by atoms with Crippen LogP contribution in [0.15, 0.2) is 18.2 Å². The quantitative estimate of drug-likeness (QED) is 0.757. The highest BCUT2D eigenvalue weighted by molar-refractivity contribution is 5.93. The number of halogens is 3. The number of fused-ring (bicyclic) bond motifs is 1. The molecule has 0 spiro atoms. The molecule has 0 atom stereocenters. The number of aromatic nitrogens is 5. The number of hydrogen-bond acceptors (Lipinski definition) is 4. The Balaban J connectivity index is 1.64. The first kappa shape index (κ1) is 17.5. The van der Waals surface area contributed by atoms with Crippen LogP contribution in [0.5, 0.6) is 0 Å². The van der Waals surface area contributed by atoms with Crippen molar-refractivity contribution in [1.82, 2.24) is 29.7 Å². The van der Waals surface area contributed by atoms with Crippen molar-refractivity contribution in [2.45, 2.75) is 38.4 Å². The fourth-order valence-electron chi connectivity index (χ4n) is 2.99. The molecule has 1 fully saturated rings. The number of aryl methyl sites for hydroxylation is 2. The van der Waals surface area contributed by atoms with Gasteiger partial charge in [0, 0.05) is 24.7 Å². The predicted octanol–water partition coefficient (Wildman–Crippen LogP) is 2.60. The summed E-state index contributed by atoms with van der Waals surface area (Å²) < 4.78 is 42.5. The van der Waals surface area contributed by atoms with Gasteiger partial charge in [0.25, 0.3) is 5.91 Å². The van der Waals surface area contributed by atoms with Gasteiger partial charge < -0.3 is 5.32 Å². The molecule has 0 bridgehead atoms. The summed E-state index contributed by atoms with van der Waals surface area (Å²) in [5.74, 6) is -0.517. The van der Waals surface area contributed by atoms with Gasteiger partial charge in [-0.15, -0.1) is 0 Å². The molecule has 1 saturated carbocycles. The molecule has 7 nitrogen and oxygen atoms in total. The molecule has 0 saturated heterocycles. The van der Waals surface area contributed by atoms with E-state index in [-0.39, 0.29) is 23.8 Å². The first-order valence-corrected chi connectivity index (χ1v) is 8.48. The highest BCUT2D eigenvalue weighted by Crippen LogP contribution is 2.41. The largest absolute Gasteiger partial charge is 0.433 e. The number of amides is 1. The molecule has 27 heavy (non-hydrogen) atoms. The van der Waals surface area contributed by atoms with E-state index in [1.54, 1.807) is 11.7 Å². The molecule has 10 heteroatoms. The molecule has 142 valence electrons. The molecular weight excluding hydrogens is 361 g/mol. The molecule has 3 aromatic heterocycles. The van der Waals surface area contributed by atoms with Crippen LogP contribution in [-0.4, -0.2) is 30.3 Å². The maximum absolute atomic E-state index is 13.4. The molecule has 0 unspecified atom stereocenters. The van der Waals surface area contributed by atoms with Gasteiger partial charge in [-0.1, -0.05) is 0 Å². The molecule has 3 heterocycles. The maximum Gasteiger partial charge on any atom is 0.433 e. The Bertz CT molecular complexity index is 1030. The molecule has 0 aliphatic heterocycles. The van der Waals surface area contributed by atoms with E-state index in [0.29, 0.717) is 10.2 Å². The number of nitrogens with zero attached hydrogens (tertiary/aromatic N) is 5. The van der Waals surface area contributed by atoms with Crippen molar-refractivity contribution in [3.05, 3.63) is 46.7 Å². The third-order valence-corrected chi connectivity index (χ3v) is 4.49. The lowest BCUT2D eigenvalue weighted by Crippen LogP contribution is -2.24. The Morgan fingerprint density at radius 1 is 1.26 bits per heavy atom. The highest BCUT2D eigenvalue weighted by Gasteiger charge is 2.37. The van der Waals surface area contributed by atoms with Gasteiger partial charge in [-0.3, -0.25) is 9.48 Å². The minimum absolute atomic E-state index is 0.0215. The normalized spacial score (nSPS) is 14.7. The fourth-order valence-corrected chi connectivity index (χ4v) is 2.99. The maximum atomic E-state index is 13.4. The Hall–Kier alpha value is -2.91. The van der Waals surface area contributed by atoms with E-state index in [1.165, 1.54) is 6.07 Å². The number of carbonyl (C=O) groups excluding carboxylic acids is 1. The first-order valence-electron chi connectivity index (χ1n) is 8.48. The van der Waals surface area contributed by atoms with Crippen LogP contribution in [-0.2, 0) is 19.8 Å². The second-order valence-corrected chi connectivity index (χ2v) is 6.72. The SMILES string of the molecule is Cc1cc(CNC(=O)c2cc3nc(C4CC4)cc(C(F)(F)F)n3n2)n(C)n1. The zero-order valence-corrected chi connectivity index (χ0v) is 14.7. The third kappa shape index (κ3) is 3.38. The highest BCUT2D eigenvalue weighted by atomic mass is 19.4. The molecule has 1 N–H and O–H groups in total.